The summed E-state index contributed by atoms with van der Waals surface area (Å²) < 4.78 is 26.4. The zero-order valence-electron chi connectivity index (χ0n) is 19.8. The van der Waals surface area contributed by atoms with Crippen LogP contribution in [-0.2, 0) is 16.2 Å². The van der Waals surface area contributed by atoms with Crippen LogP contribution in [0.2, 0.25) is 0 Å². The van der Waals surface area contributed by atoms with E-state index in [1.54, 1.807) is 24.3 Å². The number of hydrogen-bond acceptors (Lipinski definition) is 5. The van der Waals surface area contributed by atoms with E-state index in [0.29, 0.717) is 30.3 Å². The predicted octanol–water partition coefficient (Wildman–Crippen LogP) is 5.10. The molecular weight excluding hydrogens is 545 g/mol. The Balaban J connectivity index is 1.45. The molecule has 0 unspecified atom stereocenters. The Kier molecular flexibility index (Phi) is 8.19. The predicted molar refractivity (Wildman–Crippen MR) is 139 cm³/mol. The number of imide groups is 1. The van der Waals surface area contributed by atoms with Crippen LogP contribution in [-0.4, -0.2) is 35.9 Å². The van der Waals surface area contributed by atoms with Crippen molar-refractivity contribution in [1.29, 1.82) is 0 Å². The Labute approximate surface area is 221 Å². The van der Waals surface area contributed by atoms with Crippen molar-refractivity contribution >= 4 is 45.5 Å². The second-order valence-electron chi connectivity index (χ2n) is 7.96. The maximum absolute atomic E-state index is 13.8. The van der Waals surface area contributed by atoms with Crippen LogP contribution >= 0.6 is 15.9 Å². The minimum absolute atomic E-state index is 0.00493. The van der Waals surface area contributed by atoms with Crippen molar-refractivity contribution in [3.8, 4) is 11.5 Å². The highest BCUT2D eigenvalue weighted by Gasteiger charge is 2.35. The summed E-state index contributed by atoms with van der Waals surface area (Å²) in [4.78, 5) is 38.2. The smallest absolute Gasteiger partial charge is 0.329 e. The van der Waals surface area contributed by atoms with Gasteiger partial charge in [0.15, 0.2) is 11.5 Å². The molecule has 2 N–H and O–H groups in total. The van der Waals surface area contributed by atoms with Crippen molar-refractivity contribution in [2.75, 3.05) is 18.5 Å². The van der Waals surface area contributed by atoms with Crippen LogP contribution in [0.3, 0.4) is 0 Å². The van der Waals surface area contributed by atoms with E-state index in [4.69, 9.17) is 9.47 Å². The minimum atomic E-state index is -0.751. The number of benzene rings is 3. The lowest BCUT2D eigenvalue weighted by Crippen LogP contribution is -2.38. The van der Waals surface area contributed by atoms with Crippen LogP contribution in [0.5, 0.6) is 11.5 Å². The third-order valence-corrected chi connectivity index (χ3v) is 5.83. The fraction of sp³-hybridized carbons (Fsp3) is 0.148. The second-order valence-corrected chi connectivity index (χ2v) is 8.88. The van der Waals surface area contributed by atoms with Crippen LogP contribution < -0.4 is 20.1 Å². The lowest BCUT2D eigenvalue weighted by Gasteiger charge is -2.13. The van der Waals surface area contributed by atoms with Crippen molar-refractivity contribution in [2.24, 2.45) is 0 Å². The third-order valence-electron chi connectivity index (χ3n) is 5.30. The van der Waals surface area contributed by atoms with Crippen molar-refractivity contribution in [3.63, 3.8) is 0 Å². The first-order valence-electron chi connectivity index (χ1n) is 11.4. The van der Waals surface area contributed by atoms with Gasteiger partial charge in [0.1, 0.15) is 24.7 Å². The van der Waals surface area contributed by atoms with E-state index in [1.165, 1.54) is 24.3 Å². The number of anilines is 1. The fourth-order valence-corrected chi connectivity index (χ4v) is 3.79. The number of amides is 4. The van der Waals surface area contributed by atoms with Gasteiger partial charge in [0.05, 0.1) is 12.3 Å². The Morgan fingerprint density at radius 1 is 1.05 bits per heavy atom. The molecule has 1 aliphatic rings. The van der Waals surface area contributed by atoms with E-state index in [9.17, 15) is 18.8 Å². The van der Waals surface area contributed by atoms with Crippen LogP contribution in [0.15, 0.2) is 76.9 Å². The van der Waals surface area contributed by atoms with Crippen molar-refractivity contribution in [2.45, 2.75) is 13.5 Å². The SMILES string of the molecule is CCOc1cc(/C=C2/NC(=O)N(CC(=O)Nc3ccccc3F)C2=O)ccc1OCc1ccc(Br)cc1. The lowest BCUT2D eigenvalue weighted by molar-refractivity contribution is -0.127. The molecule has 0 saturated carbocycles. The number of carbonyl (C=O) groups excluding carboxylic acids is 3. The molecule has 0 aliphatic carbocycles. The van der Waals surface area contributed by atoms with Gasteiger partial charge in [-0.1, -0.05) is 46.3 Å². The molecule has 0 aromatic heterocycles. The van der Waals surface area contributed by atoms with Gasteiger partial charge in [0, 0.05) is 4.47 Å². The number of urea groups is 1. The molecule has 10 heteroatoms. The van der Waals surface area contributed by atoms with Crippen LogP contribution in [0, 0.1) is 5.82 Å². The summed E-state index contributed by atoms with van der Waals surface area (Å²) in [6.07, 6.45) is 1.48. The lowest BCUT2D eigenvalue weighted by atomic mass is 10.1. The van der Waals surface area contributed by atoms with Gasteiger partial charge in [-0.05, 0) is 60.5 Å². The van der Waals surface area contributed by atoms with E-state index in [-0.39, 0.29) is 11.4 Å². The fourth-order valence-electron chi connectivity index (χ4n) is 3.52. The van der Waals surface area contributed by atoms with Gasteiger partial charge in [-0.25, -0.2) is 14.1 Å². The zero-order valence-corrected chi connectivity index (χ0v) is 21.4. The van der Waals surface area contributed by atoms with E-state index in [0.717, 1.165) is 14.9 Å². The van der Waals surface area contributed by atoms with Gasteiger partial charge >= 0.3 is 6.03 Å². The number of hydrogen-bond donors (Lipinski definition) is 2. The summed E-state index contributed by atoms with van der Waals surface area (Å²) >= 11 is 3.40. The van der Waals surface area contributed by atoms with Gasteiger partial charge in [0.25, 0.3) is 5.91 Å². The molecule has 1 saturated heterocycles. The molecule has 0 spiro atoms. The van der Waals surface area contributed by atoms with E-state index in [1.807, 2.05) is 31.2 Å². The molecule has 0 bridgehead atoms. The number of para-hydroxylation sites is 1. The summed E-state index contributed by atoms with van der Waals surface area (Å²) in [7, 11) is 0. The van der Waals surface area contributed by atoms with Gasteiger partial charge in [0.2, 0.25) is 5.91 Å². The number of halogens is 2. The van der Waals surface area contributed by atoms with Crippen LogP contribution in [0.25, 0.3) is 6.08 Å². The van der Waals surface area contributed by atoms with Gasteiger partial charge < -0.3 is 20.1 Å². The first-order chi connectivity index (χ1) is 17.8. The normalized spacial score (nSPS) is 14.0. The molecule has 0 atom stereocenters. The molecule has 37 heavy (non-hydrogen) atoms. The molecule has 1 aliphatic heterocycles. The van der Waals surface area contributed by atoms with E-state index in [2.05, 4.69) is 26.6 Å². The molecule has 3 aromatic carbocycles. The van der Waals surface area contributed by atoms with E-state index < -0.39 is 30.2 Å². The standard InChI is InChI=1S/C27H23BrFN3O5/c1-2-36-24-14-18(9-12-23(24)37-16-17-7-10-19(28)11-8-17)13-22-26(34)32(27(35)31-22)15-25(33)30-21-6-4-3-5-20(21)29/h3-14H,2,15-16H2,1H3,(H,30,33)(H,31,35)/b22-13+. The molecule has 4 amide bonds. The van der Waals surface area contributed by atoms with Crippen molar-refractivity contribution in [1.82, 2.24) is 10.2 Å². The molecule has 4 rings (SSSR count). The quantitative estimate of drug-likeness (QED) is 0.277. The average Bonchev–Trinajstić information content (AvgIpc) is 3.13. The van der Waals surface area contributed by atoms with Gasteiger partial charge in [-0.2, -0.15) is 0 Å². The molecule has 8 nitrogen and oxygen atoms in total. The molecule has 1 heterocycles. The topological polar surface area (TPSA) is 97.0 Å². The van der Waals surface area contributed by atoms with E-state index >= 15 is 0 Å². The number of carbonyl (C=O) groups is 3. The Hall–Kier alpha value is -4.18. The van der Waals surface area contributed by atoms with Crippen molar-refractivity contribution < 1.29 is 28.2 Å². The average molecular weight is 568 g/mol. The highest BCUT2D eigenvalue weighted by Crippen LogP contribution is 2.30. The van der Waals surface area contributed by atoms with Gasteiger partial charge in [-0.3, -0.25) is 9.59 Å². The summed E-state index contributed by atoms with van der Waals surface area (Å²) in [6, 6.07) is 17.7. The summed E-state index contributed by atoms with van der Waals surface area (Å²) in [5.74, 6) is -1.00. The molecule has 3 aromatic rings. The third kappa shape index (κ3) is 6.53. The van der Waals surface area contributed by atoms with Gasteiger partial charge in [-0.15, -0.1) is 0 Å². The maximum atomic E-state index is 13.8. The Morgan fingerprint density at radius 2 is 1.81 bits per heavy atom. The first-order valence-corrected chi connectivity index (χ1v) is 12.2. The highest BCUT2D eigenvalue weighted by molar-refractivity contribution is 9.10. The molecule has 1 fully saturated rings. The largest absolute Gasteiger partial charge is 0.490 e. The number of rotatable bonds is 9. The Morgan fingerprint density at radius 3 is 2.54 bits per heavy atom. The second kappa shape index (κ2) is 11.7. The molecule has 0 radical (unpaired) electrons. The first kappa shape index (κ1) is 25.9. The number of nitrogens with one attached hydrogen (secondary N) is 2. The number of ether oxygens (including phenoxy) is 2. The monoisotopic (exact) mass is 567 g/mol. The maximum Gasteiger partial charge on any atom is 0.329 e. The summed E-state index contributed by atoms with van der Waals surface area (Å²) in [6.45, 7) is 2.01. The minimum Gasteiger partial charge on any atom is -0.490 e. The highest BCUT2D eigenvalue weighted by atomic mass is 79.9. The summed E-state index contributed by atoms with van der Waals surface area (Å²) in [5, 5.41) is 4.83. The van der Waals surface area contributed by atoms with Crippen LogP contribution in [0.1, 0.15) is 18.1 Å². The van der Waals surface area contributed by atoms with Crippen molar-refractivity contribution in [3.05, 3.63) is 93.8 Å². The molecular formula is C27H23BrFN3O5. The van der Waals surface area contributed by atoms with Crippen LogP contribution in [0.4, 0.5) is 14.9 Å². The molecule has 190 valence electrons. The summed E-state index contributed by atoms with van der Waals surface area (Å²) in [5.41, 5.74) is 1.52. The number of nitrogens with zero attached hydrogens (tertiary/aromatic N) is 1. The zero-order chi connectivity index (χ0) is 26.4. The Bertz CT molecular complexity index is 1360.